The normalized spacial score (nSPS) is 12.7. The van der Waals surface area contributed by atoms with Crippen molar-refractivity contribution in [2.24, 2.45) is 0 Å². The van der Waals surface area contributed by atoms with Crippen LogP contribution in [0.3, 0.4) is 0 Å². The van der Waals surface area contributed by atoms with Gasteiger partial charge in [0.2, 0.25) is 0 Å². The van der Waals surface area contributed by atoms with Gasteiger partial charge in [0.1, 0.15) is 5.82 Å². The van der Waals surface area contributed by atoms with Crippen molar-refractivity contribution in [3.63, 3.8) is 0 Å². The molecular weight excluding hydrogens is 283 g/mol. The lowest BCUT2D eigenvalue weighted by Gasteiger charge is -2.18. The van der Waals surface area contributed by atoms with Crippen LogP contribution in [0.25, 0.3) is 0 Å². The Morgan fingerprint density at radius 3 is 2.40 bits per heavy atom. The fraction of sp³-hybridized carbons (Fsp3) is 0.333. The highest BCUT2D eigenvalue weighted by atomic mass is 32.1. The molecule has 2 rings (SSSR count). The Labute approximate surface area is 120 Å². The summed E-state index contributed by atoms with van der Waals surface area (Å²) in [6, 6.07) is 4.90. The Hall–Kier alpha value is -1.33. The highest BCUT2D eigenvalue weighted by molar-refractivity contribution is 7.12. The number of rotatable bonds is 5. The van der Waals surface area contributed by atoms with Gasteiger partial charge in [-0.3, -0.25) is 0 Å². The number of nitrogens with one attached hydrogen (secondary N) is 1. The molecule has 2 aromatic rings. The summed E-state index contributed by atoms with van der Waals surface area (Å²) >= 11 is 1.51. The molecule has 108 valence electrons. The third-order valence-electron chi connectivity index (χ3n) is 2.99. The summed E-state index contributed by atoms with van der Waals surface area (Å²) in [5.74, 6) is -2.93. The Morgan fingerprint density at radius 1 is 1.10 bits per heavy atom. The van der Waals surface area contributed by atoms with Crippen molar-refractivity contribution < 1.29 is 13.2 Å². The van der Waals surface area contributed by atoms with Gasteiger partial charge in [-0.15, -0.1) is 11.3 Å². The molecule has 5 heteroatoms. The molecule has 0 aliphatic carbocycles. The van der Waals surface area contributed by atoms with Crippen LogP contribution in [0.1, 0.15) is 34.7 Å². The fourth-order valence-corrected chi connectivity index (χ4v) is 2.99. The van der Waals surface area contributed by atoms with Gasteiger partial charge in [-0.1, -0.05) is 6.92 Å². The van der Waals surface area contributed by atoms with E-state index in [1.165, 1.54) is 11.3 Å². The van der Waals surface area contributed by atoms with Crippen LogP contribution in [0, 0.1) is 24.4 Å². The highest BCUT2D eigenvalue weighted by Crippen LogP contribution is 2.30. The molecule has 0 aliphatic rings. The second kappa shape index (κ2) is 6.41. The molecule has 1 atom stereocenters. The molecular formula is C15H16F3NS. The summed E-state index contributed by atoms with van der Waals surface area (Å²) in [5, 5.41) is 3.18. The van der Waals surface area contributed by atoms with E-state index < -0.39 is 23.5 Å². The van der Waals surface area contributed by atoms with Crippen LogP contribution in [0.5, 0.6) is 0 Å². The summed E-state index contributed by atoms with van der Waals surface area (Å²) in [6.07, 6.45) is 0.867. The predicted octanol–water partition coefficient (Wildman–Crippen LogP) is 4.56. The first-order chi connectivity index (χ1) is 9.52. The maximum absolute atomic E-state index is 14.0. The van der Waals surface area contributed by atoms with Crippen molar-refractivity contribution in [1.29, 1.82) is 0 Å². The molecule has 0 aliphatic heterocycles. The lowest BCUT2D eigenvalue weighted by Crippen LogP contribution is -2.23. The van der Waals surface area contributed by atoms with E-state index in [-0.39, 0.29) is 5.56 Å². The molecule has 0 saturated heterocycles. The number of hydrogen-bond donors (Lipinski definition) is 1. The van der Waals surface area contributed by atoms with E-state index in [0.29, 0.717) is 12.6 Å². The molecule has 0 spiro atoms. The largest absolute Gasteiger partial charge is 0.306 e. The van der Waals surface area contributed by atoms with E-state index in [9.17, 15) is 13.2 Å². The monoisotopic (exact) mass is 299 g/mol. The number of hydrogen-bond acceptors (Lipinski definition) is 2. The summed E-state index contributed by atoms with van der Waals surface area (Å²) in [7, 11) is 0. The lowest BCUT2D eigenvalue weighted by molar-refractivity contribution is 0.480. The van der Waals surface area contributed by atoms with Crippen molar-refractivity contribution in [3.8, 4) is 0 Å². The van der Waals surface area contributed by atoms with Crippen LogP contribution in [-0.2, 0) is 0 Å². The second-order valence-electron chi connectivity index (χ2n) is 4.62. The van der Waals surface area contributed by atoms with E-state index in [4.69, 9.17) is 0 Å². The van der Waals surface area contributed by atoms with Crippen molar-refractivity contribution in [2.45, 2.75) is 26.3 Å². The zero-order chi connectivity index (χ0) is 14.7. The number of aryl methyl sites for hydroxylation is 1. The Morgan fingerprint density at radius 2 is 1.80 bits per heavy atom. The third-order valence-corrected chi connectivity index (χ3v) is 4.06. The number of halogens is 3. The molecule has 0 radical (unpaired) electrons. The predicted molar refractivity (Wildman–Crippen MR) is 75.5 cm³/mol. The minimum absolute atomic E-state index is 0.138. The summed E-state index contributed by atoms with van der Waals surface area (Å²) in [5.41, 5.74) is 0.138. The van der Waals surface area contributed by atoms with Crippen LogP contribution in [-0.4, -0.2) is 6.54 Å². The van der Waals surface area contributed by atoms with Crippen molar-refractivity contribution in [2.75, 3.05) is 6.54 Å². The Balaban J connectivity index is 2.43. The van der Waals surface area contributed by atoms with Crippen molar-refractivity contribution in [1.82, 2.24) is 5.32 Å². The van der Waals surface area contributed by atoms with E-state index in [2.05, 4.69) is 5.32 Å². The van der Waals surface area contributed by atoms with Gasteiger partial charge < -0.3 is 5.32 Å². The quantitative estimate of drug-likeness (QED) is 0.798. The van der Waals surface area contributed by atoms with Gasteiger partial charge in [0.15, 0.2) is 11.6 Å². The van der Waals surface area contributed by atoms with Crippen LogP contribution in [0.4, 0.5) is 13.2 Å². The molecule has 20 heavy (non-hydrogen) atoms. The Kier molecular flexibility index (Phi) is 4.83. The van der Waals surface area contributed by atoms with Gasteiger partial charge in [-0.05, 0) is 38.1 Å². The van der Waals surface area contributed by atoms with Gasteiger partial charge in [0, 0.05) is 21.4 Å². The van der Waals surface area contributed by atoms with E-state index in [0.717, 1.165) is 22.2 Å². The van der Waals surface area contributed by atoms with Crippen LogP contribution >= 0.6 is 11.3 Å². The van der Waals surface area contributed by atoms with Crippen LogP contribution in [0.15, 0.2) is 24.3 Å². The molecule has 1 N–H and O–H groups in total. The van der Waals surface area contributed by atoms with E-state index in [1.807, 2.05) is 26.0 Å². The standard InChI is InChI=1S/C15H16F3NS/c1-3-6-19-15(14-5-4-9(2)20-14)10-7-12(17)13(18)8-11(10)16/h4-5,7-8,15,19H,3,6H2,1-2H3. The SMILES string of the molecule is CCCNC(c1ccc(C)s1)c1cc(F)c(F)cc1F. The first-order valence-corrected chi connectivity index (χ1v) is 7.28. The van der Waals surface area contributed by atoms with Gasteiger partial charge in [0.25, 0.3) is 0 Å². The number of benzene rings is 1. The fourth-order valence-electron chi connectivity index (χ4n) is 2.02. The maximum Gasteiger partial charge on any atom is 0.161 e. The van der Waals surface area contributed by atoms with Crippen molar-refractivity contribution >= 4 is 11.3 Å². The highest BCUT2D eigenvalue weighted by Gasteiger charge is 2.21. The summed E-state index contributed by atoms with van der Waals surface area (Å²) < 4.78 is 40.4. The average molecular weight is 299 g/mol. The molecule has 1 heterocycles. The zero-order valence-electron chi connectivity index (χ0n) is 11.3. The summed E-state index contributed by atoms with van der Waals surface area (Å²) in [4.78, 5) is 1.98. The number of thiophene rings is 1. The molecule has 0 saturated carbocycles. The molecule has 1 nitrogen and oxygen atoms in total. The molecule has 1 aromatic carbocycles. The minimum atomic E-state index is -1.16. The average Bonchev–Trinajstić information content (AvgIpc) is 2.82. The second-order valence-corrected chi connectivity index (χ2v) is 5.94. The first kappa shape index (κ1) is 15.1. The Bertz CT molecular complexity index is 595. The minimum Gasteiger partial charge on any atom is -0.306 e. The van der Waals surface area contributed by atoms with Gasteiger partial charge in [-0.2, -0.15) is 0 Å². The smallest absolute Gasteiger partial charge is 0.161 e. The molecule has 0 bridgehead atoms. The van der Waals surface area contributed by atoms with Gasteiger partial charge in [-0.25, -0.2) is 13.2 Å². The van der Waals surface area contributed by atoms with Gasteiger partial charge >= 0.3 is 0 Å². The van der Waals surface area contributed by atoms with Crippen LogP contribution in [0.2, 0.25) is 0 Å². The van der Waals surface area contributed by atoms with Gasteiger partial charge in [0.05, 0.1) is 6.04 Å². The molecule has 1 unspecified atom stereocenters. The first-order valence-electron chi connectivity index (χ1n) is 6.47. The van der Waals surface area contributed by atoms with E-state index >= 15 is 0 Å². The maximum atomic E-state index is 14.0. The van der Waals surface area contributed by atoms with Crippen LogP contribution < -0.4 is 5.32 Å². The van der Waals surface area contributed by atoms with Crippen molar-refractivity contribution in [3.05, 3.63) is 57.0 Å². The molecule has 1 aromatic heterocycles. The third kappa shape index (κ3) is 3.22. The molecule has 0 fully saturated rings. The zero-order valence-corrected chi connectivity index (χ0v) is 12.2. The summed E-state index contributed by atoms with van der Waals surface area (Å²) in [6.45, 7) is 4.61. The lowest BCUT2D eigenvalue weighted by atomic mass is 10.0. The van der Waals surface area contributed by atoms with E-state index in [1.54, 1.807) is 0 Å². The topological polar surface area (TPSA) is 12.0 Å². The molecule has 0 amide bonds.